The van der Waals surface area contributed by atoms with Crippen LogP contribution in [0.4, 0.5) is 10.1 Å². The molecule has 1 amide bonds. The van der Waals surface area contributed by atoms with Crippen LogP contribution in [0.3, 0.4) is 0 Å². The Kier molecular flexibility index (Phi) is 4.29. The zero-order valence-electron chi connectivity index (χ0n) is 10.8. The molecule has 2 aromatic carbocycles. The molecule has 19 heavy (non-hydrogen) atoms. The number of rotatable bonds is 4. The topological polar surface area (TPSA) is 29.1 Å². The molecule has 3 heteroatoms. The summed E-state index contributed by atoms with van der Waals surface area (Å²) in [6, 6.07) is 13.9. The summed E-state index contributed by atoms with van der Waals surface area (Å²) in [4.78, 5) is 11.8. The predicted molar refractivity (Wildman–Crippen MR) is 74.5 cm³/mol. The van der Waals surface area contributed by atoms with Crippen LogP contribution in [0.2, 0.25) is 0 Å². The van der Waals surface area contributed by atoms with E-state index in [0.717, 1.165) is 16.8 Å². The lowest BCUT2D eigenvalue weighted by Crippen LogP contribution is -2.13. The van der Waals surface area contributed by atoms with Gasteiger partial charge in [-0.3, -0.25) is 4.79 Å². The molecule has 0 aromatic heterocycles. The first-order valence-electron chi connectivity index (χ1n) is 6.25. The van der Waals surface area contributed by atoms with Gasteiger partial charge in [0, 0.05) is 12.1 Å². The maximum Gasteiger partial charge on any atom is 0.224 e. The molecule has 2 nitrogen and oxygen atoms in total. The summed E-state index contributed by atoms with van der Waals surface area (Å²) in [7, 11) is 0. The second kappa shape index (κ2) is 6.14. The highest BCUT2D eigenvalue weighted by Crippen LogP contribution is 2.14. The molecule has 0 unspecified atom stereocenters. The van der Waals surface area contributed by atoms with Gasteiger partial charge in [-0.2, -0.15) is 0 Å². The Balaban J connectivity index is 1.88. The van der Waals surface area contributed by atoms with Crippen molar-refractivity contribution < 1.29 is 9.18 Å². The number of carbonyl (C=O) groups excluding carboxylic acids is 1. The second-order valence-electron chi connectivity index (χ2n) is 4.49. The van der Waals surface area contributed by atoms with E-state index in [4.69, 9.17) is 0 Å². The SMILES string of the molecule is Cc1ccccc1NC(=O)CCc1ccc(F)cc1. The minimum absolute atomic E-state index is 0.0291. The zero-order valence-corrected chi connectivity index (χ0v) is 10.8. The van der Waals surface area contributed by atoms with E-state index in [1.165, 1.54) is 12.1 Å². The third-order valence-electron chi connectivity index (χ3n) is 2.97. The average molecular weight is 257 g/mol. The Morgan fingerprint density at radius 3 is 2.47 bits per heavy atom. The highest BCUT2D eigenvalue weighted by atomic mass is 19.1. The smallest absolute Gasteiger partial charge is 0.224 e. The molecule has 0 saturated carbocycles. The van der Waals surface area contributed by atoms with Gasteiger partial charge in [0.15, 0.2) is 0 Å². The fourth-order valence-electron chi connectivity index (χ4n) is 1.83. The molecule has 1 N–H and O–H groups in total. The third-order valence-corrected chi connectivity index (χ3v) is 2.97. The number of hydrogen-bond acceptors (Lipinski definition) is 1. The first-order valence-corrected chi connectivity index (χ1v) is 6.25. The molecule has 98 valence electrons. The van der Waals surface area contributed by atoms with Crippen LogP contribution in [0.15, 0.2) is 48.5 Å². The number of carbonyl (C=O) groups is 1. The fourth-order valence-corrected chi connectivity index (χ4v) is 1.83. The molecule has 0 saturated heterocycles. The molecule has 0 radical (unpaired) electrons. The molecule has 0 aliphatic carbocycles. The predicted octanol–water partition coefficient (Wildman–Crippen LogP) is 3.71. The Morgan fingerprint density at radius 2 is 1.79 bits per heavy atom. The summed E-state index contributed by atoms with van der Waals surface area (Å²) in [6.45, 7) is 1.95. The molecule has 2 rings (SSSR count). The number of nitrogens with one attached hydrogen (secondary N) is 1. The molecule has 0 bridgehead atoms. The first kappa shape index (κ1) is 13.3. The summed E-state index contributed by atoms with van der Waals surface area (Å²) >= 11 is 0. The maximum atomic E-state index is 12.7. The van der Waals surface area contributed by atoms with Crippen LogP contribution in [-0.2, 0) is 11.2 Å². The van der Waals surface area contributed by atoms with Gasteiger partial charge in [0.05, 0.1) is 0 Å². The summed E-state index contributed by atoms with van der Waals surface area (Å²) in [5.41, 5.74) is 2.84. The minimum atomic E-state index is -0.256. The molecule has 0 heterocycles. The molecule has 2 aromatic rings. The van der Waals surface area contributed by atoms with Gasteiger partial charge in [-0.25, -0.2) is 4.39 Å². The van der Waals surface area contributed by atoms with Crippen LogP contribution >= 0.6 is 0 Å². The van der Waals surface area contributed by atoms with Crippen LogP contribution in [-0.4, -0.2) is 5.91 Å². The molecule has 0 aliphatic heterocycles. The molecular weight excluding hydrogens is 241 g/mol. The normalized spacial score (nSPS) is 10.2. The lowest BCUT2D eigenvalue weighted by atomic mass is 10.1. The molecule has 0 aliphatic rings. The van der Waals surface area contributed by atoms with Gasteiger partial charge < -0.3 is 5.32 Å². The number of amides is 1. The minimum Gasteiger partial charge on any atom is -0.326 e. The molecule has 0 fully saturated rings. The van der Waals surface area contributed by atoms with E-state index in [1.54, 1.807) is 12.1 Å². The van der Waals surface area contributed by atoms with Gasteiger partial charge >= 0.3 is 0 Å². The van der Waals surface area contributed by atoms with E-state index in [2.05, 4.69) is 5.32 Å². The van der Waals surface area contributed by atoms with Gasteiger partial charge in [-0.15, -0.1) is 0 Å². The number of halogens is 1. The van der Waals surface area contributed by atoms with E-state index < -0.39 is 0 Å². The van der Waals surface area contributed by atoms with E-state index in [9.17, 15) is 9.18 Å². The monoisotopic (exact) mass is 257 g/mol. The van der Waals surface area contributed by atoms with Crippen LogP contribution in [0.5, 0.6) is 0 Å². The highest BCUT2D eigenvalue weighted by Gasteiger charge is 2.04. The van der Waals surface area contributed by atoms with Crippen LogP contribution in [0.25, 0.3) is 0 Å². The van der Waals surface area contributed by atoms with Crippen molar-refractivity contribution in [1.29, 1.82) is 0 Å². The number of aryl methyl sites for hydroxylation is 2. The quantitative estimate of drug-likeness (QED) is 0.889. The lowest BCUT2D eigenvalue weighted by Gasteiger charge is -2.08. The second-order valence-corrected chi connectivity index (χ2v) is 4.49. The van der Waals surface area contributed by atoms with Crippen molar-refractivity contribution in [3.63, 3.8) is 0 Å². The standard InChI is InChI=1S/C16H16FNO/c1-12-4-2-3-5-15(12)18-16(19)11-8-13-6-9-14(17)10-7-13/h2-7,9-10H,8,11H2,1H3,(H,18,19). The molecule has 0 spiro atoms. The highest BCUT2D eigenvalue weighted by molar-refractivity contribution is 5.91. The van der Waals surface area contributed by atoms with E-state index in [0.29, 0.717) is 12.8 Å². The van der Waals surface area contributed by atoms with Crippen molar-refractivity contribution >= 4 is 11.6 Å². The van der Waals surface area contributed by atoms with Crippen molar-refractivity contribution in [3.8, 4) is 0 Å². The van der Waals surface area contributed by atoms with Crippen molar-refractivity contribution in [3.05, 3.63) is 65.5 Å². The number of hydrogen-bond donors (Lipinski definition) is 1. The Bertz CT molecular complexity index is 563. The van der Waals surface area contributed by atoms with Crippen LogP contribution in [0.1, 0.15) is 17.5 Å². The zero-order chi connectivity index (χ0) is 13.7. The van der Waals surface area contributed by atoms with E-state index >= 15 is 0 Å². The van der Waals surface area contributed by atoms with Gasteiger partial charge in [0.2, 0.25) is 5.91 Å². The van der Waals surface area contributed by atoms with Crippen LogP contribution < -0.4 is 5.32 Å². The fraction of sp³-hybridized carbons (Fsp3) is 0.188. The summed E-state index contributed by atoms with van der Waals surface area (Å²) < 4.78 is 12.7. The van der Waals surface area contributed by atoms with Gasteiger partial charge in [-0.1, -0.05) is 30.3 Å². The van der Waals surface area contributed by atoms with Gasteiger partial charge in [0.25, 0.3) is 0 Å². The number of anilines is 1. The summed E-state index contributed by atoms with van der Waals surface area (Å²) in [6.07, 6.45) is 0.998. The summed E-state index contributed by atoms with van der Waals surface area (Å²) in [5.74, 6) is -0.285. The van der Waals surface area contributed by atoms with Gasteiger partial charge in [-0.05, 0) is 42.7 Å². The number of benzene rings is 2. The van der Waals surface area contributed by atoms with Crippen molar-refractivity contribution in [1.82, 2.24) is 0 Å². The lowest BCUT2D eigenvalue weighted by molar-refractivity contribution is -0.116. The number of para-hydroxylation sites is 1. The van der Waals surface area contributed by atoms with E-state index in [-0.39, 0.29) is 11.7 Å². The maximum absolute atomic E-state index is 12.7. The Morgan fingerprint density at radius 1 is 1.11 bits per heavy atom. The Labute approximate surface area is 112 Å². The summed E-state index contributed by atoms with van der Waals surface area (Å²) in [5, 5.41) is 2.88. The van der Waals surface area contributed by atoms with E-state index in [1.807, 2.05) is 31.2 Å². The van der Waals surface area contributed by atoms with Gasteiger partial charge in [0.1, 0.15) is 5.82 Å². The van der Waals surface area contributed by atoms with Crippen molar-refractivity contribution in [2.24, 2.45) is 0 Å². The molecular formula is C16H16FNO. The third kappa shape index (κ3) is 3.91. The average Bonchev–Trinajstić information content (AvgIpc) is 2.41. The Hall–Kier alpha value is -2.16. The molecule has 0 atom stereocenters. The largest absolute Gasteiger partial charge is 0.326 e. The first-order chi connectivity index (χ1) is 9.15. The van der Waals surface area contributed by atoms with Crippen molar-refractivity contribution in [2.45, 2.75) is 19.8 Å². The van der Waals surface area contributed by atoms with Crippen molar-refractivity contribution in [2.75, 3.05) is 5.32 Å². The van der Waals surface area contributed by atoms with Crippen LogP contribution in [0, 0.1) is 12.7 Å².